The van der Waals surface area contributed by atoms with Crippen LogP contribution in [0.3, 0.4) is 0 Å². The molecule has 3 fully saturated rings. The van der Waals surface area contributed by atoms with Gasteiger partial charge >= 0.3 is 33.3 Å². The van der Waals surface area contributed by atoms with Crippen LogP contribution >= 0.6 is 22.7 Å². The summed E-state index contributed by atoms with van der Waals surface area (Å²) < 4.78 is 35.0. The van der Waals surface area contributed by atoms with Crippen molar-refractivity contribution in [1.29, 1.82) is 0 Å². The maximum absolute atomic E-state index is 6.09. The minimum absolute atomic E-state index is 0. The largest absolute Gasteiger partial charge is 1.00 e. The van der Waals surface area contributed by atoms with Crippen LogP contribution in [0, 0.1) is 13.8 Å². The summed E-state index contributed by atoms with van der Waals surface area (Å²) in [6.45, 7) is 34.2. The van der Waals surface area contributed by atoms with Gasteiger partial charge in [-0.15, -0.1) is 22.7 Å². The Labute approximate surface area is 354 Å². The average Bonchev–Trinajstić information content (AvgIpc) is 3.93. The van der Waals surface area contributed by atoms with Crippen LogP contribution in [0.15, 0.2) is 29.6 Å². The SMILES string of the molecule is C1CCOC1.CC(C)OB1OC(C)(C)C(C)(C)O1.CCCCCCc1ccc(B2OC(C)(C)C(C)(C)O2)s1.[CH2+]CCCCCc1cccs1.[CH2-]CCC.[Li+]. The van der Waals surface area contributed by atoms with Crippen molar-refractivity contribution in [2.45, 2.75) is 201 Å². The molecule has 0 saturated carbocycles. The first-order chi connectivity index (χ1) is 24.9. The number of thiophene rings is 2. The van der Waals surface area contributed by atoms with Gasteiger partial charge in [-0.25, -0.2) is 0 Å². The minimum atomic E-state index is -0.523. The fourth-order valence-corrected chi connectivity index (χ4v) is 6.79. The summed E-state index contributed by atoms with van der Waals surface area (Å²) in [4.78, 5) is 2.97. The molecule has 3 aliphatic heterocycles. The second-order valence-corrected chi connectivity index (χ2v) is 18.6. The molecule has 6 nitrogen and oxygen atoms in total. The van der Waals surface area contributed by atoms with E-state index in [1.807, 2.05) is 64.2 Å². The first kappa shape index (κ1) is 53.8. The van der Waals surface area contributed by atoms with E-state index in [1.54, 1.807) is 0 Å². The molecule has 11 heteroatoms. The summed E-state index contributed by atoms with van der Waals surface area (Å²) in [5.74, 6) is 0. The van der Waals surface area contributed by atoms with Gasteiger partial charge in [-0.3, -0.25) is 0 Å². The van der Waals surface area contributed by atoms with Crippen molar-refractivity contribution in [3.63, 3.8) is 0 Å². The molecule has 304 valence electrons. The summed E-state index contributed by atoms with van der Waals surface area (Å²) in [6, 6.07) is 8.75. The van der Waals surface area contributed by atoms with Gasteiger partial charge in [0.25, 0.3) is 0 Å². The van der Waals surface area contributed by atoms with Crippen LogP contribution < -0.4 is 23.6 Å². The van der Waals surface area contributed by atoms with E-state index in [-0.39, 0.29) is 54.5 Å². The van der Waals surface area contributed by atoms with Crippen molar-refractivity contribution in [2.75, 3.05) is 13.2 Å². The van der Waals surface area contributed by atoms with Crippen molar-refractivity contribution in [2.24, 2.45) is 0 Å². The summed E-state index contributed by atoms with van der Waals surface area (Å²) in [5.41, 5.74) is -1.09. The molecular weight excluding hydrogens is 705 g/mol. The van der Waals surface area contributed by atoms with Gasteiger partial charge in [-0.1, -0.05) is 51.7 Å². The summed E-state index contributed by atoms with van der Waals surface area (Å²) in [7, 11) is -0.723. The van der Waals surface area contributed by atoms with Crippen LogP contribution in [0.2, 0.25) is 0 Å². The molecule has 0 radical (unpaired) electrons. The van der Waals surface area contributed by atoms with Gasteiger partial charge in [0.2, 0.25) is 0 Å². The zero-order chi connectivity index (χ0) is 40.0. The van der Waals surface area contributed by atoms with E-state index >= 15 is 0 Å². The number of aryl methyl sites for hydroxylation is 2. The van der Waals surface area contributed by atoms with E-state index in [9.17, 15) is 0 Å². The number of hydrogen-bond donors (Lipinski definition) is 0. The van der Waals surface area contributed by atoms with Crippen LogP contribution in [0.25, 0.3) is 0 Å². The van der Waals surface area contributed by atoms with Gasteiger partial charge in [0.05, 0.1) is 35.7 Å². The van der Waals surface area contributed by atoms with Gasteiger partial charge in [0, 0.05) is 33.8 Å². The molecule has 2 aromatic rings. The molecular formula is C43H78B2LiO6S2+. The summed E-state index contributed by atoms with van der Waals surface area (Å²) >= 11 is 3.70. The van der Waals surface area contributed by atoms with E-state index in [2.05, 4.69) is 85.0 Å². The number of rotatable bonds is 14. The monoisotopic (exact) mass is 784 g/mol. The van der Waals surface area contributed by atoms with Gasteiger partial charge in [0.1, 0.15) is 0 Å². The third kappa shape index (κ3) is 21.0. The molecule has 0 atom stereocenters. The predicted molar refractivity (Wildman–Crippen MR) is 232 cm³/mol. The van der Waals surface area contributed by atoms with Crippen LogP contribution in [0.4, 0.5) is 0 Å². The zero-order valence-corrected chi connectivity index (χ0v) is 38.7. The standard InChI is InChI=1S/C16H27BO2S.C10H15S.C9H19BO3.C4H8O.C4H9.Li/c1-6-7-8-9-10-13-11-12-14(20-13)17-18-15(2,3)16(4,5)19-17;1-2-3-4-5-7-10-8-6-9-11-10;1-7(2)11-10-12-8(3,4)9(5,6)13-10;1-2-4-5-3-1;1-3-4-2;/h11-12H,6-10H2,1-5H3;6,8-9H,1-5,7H2;7H,1-6H3;1-4H2;1,3-4H2,2H3;/q;+1;;;-1;+1. The zero-order valence-electron chi connectivity index (χ0n) is 37.1. The third-order valence-corrected chi connectivity index (χ3v) is 12.1. The molecule has 2 aromatic heterocycles. The van der Waals surface area contributed by atoms with Gasteiger partial charge in [-0.05, 0) is 138 Å². The van der Waals surface area contributed by atoms with Crippen LogP contribution in [-0.2, 0) is 40.9 Å². The number of hydrogen-bond acceptors (Lipinski definition) is 8. The first-order valence-corrected chi connectivity index (χ1v) is 22.3. The van der Waals surface area contributed by atoms with E-state index in [1.165, 1.54) is 91.6 Å². The molecule has 3 aliphatic rings. The summed E-state index contributed by atoms with van der Waals surface area (Å²) in [6.07, 6.45) is 17.7. The first-order valence-electron chi connectivity index (χ1n) is 20.6. The minimum Gasteiger partial charge on any atom is -0.399 e. The van der Waals surface area contributed by atoms with E-state index in [4.69, 9.17) is 28.0 Å². The molecule has 0 N–H and O–H groups in total. The smallest absolute Gasteiger partial charge is 0.399 e. The van der Waals surface area contributed by atoms with Crippen LogP contribution in [0.1, 0.15) is 170 Å². The number of unbranched alkanes of at least 4 members (excludes halogenated alkanes) is 7. The van der Waals surface area contributed by atoms with Crippen molar-refractivity contribution >= 4 is 41.9 Å². The predicted octanol–water partition coefficient (Wildman–Crippen LogP) is 9.28. The Kier molecular flexibility index (Phi) is 28.1. The Balaban J connectivity index is 0.000000717. The fourth-order valence-electron chi connectivity index (χ4n) is 5.03. The molecule has 0 aliphatic carbocycles. The van der Waals surface area contributed by atoms with Crippen molar-refractivity contribution in [1.82, 2.24) is 0 Å². The van der Waals surface area contributed by atoms with Gasteiger partial charge < -0.3 is 34.9 Å². The molecule has 0 spiro atoms. The second-order valence-electron chi connectivity index (χ2n) is 16.3. The quantitative estimate of drug-likeness (QED) is 0.108. The molecule has 54 heavy (non-hydrogen) atoms. The van der Waals surface area contributed by atoms with E-state index in [0.717, 1.165) is 26.1 Å². The third-order valence-electron chi connectivity index (χ3n) is 9.99. The topological polar surface area (TPSA) is 55.4 Å². The maximum Gasteiger partial charge on any atom is 1.00 e. The normalized spacial score (nSPS) is 18.6. The van der Waals surface area contributed by atoms with Crippen LogP contribution in [-0.4, -0.2) is 56.2 Å². The Morgan fingerprint density at radius 1 is 0.741 bits per heavy atom. The van der Waals surface area contributed by atoms with Crippen molar-refractivity contribution < 1.29 is 46.9 Å². The molecule has 5 heterocycles. The van der Waals surface area contributed by atoms with E-state index < -0.39 is 7.32 Å². The van der Waals surface area contributed by atoms with Gasteiger partial charge in [-0.2, -0.15) is 6.42 Å². The fraction of sp³-hybridized carbons (Fsp3) is 0.767. The maximum atomic E-state index is 6.09. The molecule has 0 unspecified atom stereocenters. The Morgan fingerprint density at radius 2 is 1.26 bits per heavy atom. The Hall–Kier alpha value is -0.243. The van der Waals surface area contributed by atoms with Crippen molar-refractivity contribution in [3.8, 4) is 0 Å². The second kappa shape index (κ2) is 28.2. The Morgan fingerprint density at radius 3 is 1.69 bits per heavy atom. The molecule has 0 aromatic carbocycles. The van der Waals surface area contributed by atoms with Crippen molar-refractivity contribution in [3.05, 3.63) is 53.2 Å². The molecule has 3 saturated heterocycles. The molecule has 5 rings (SSSR count). The van der Waals surface area contributed by atoms with Gasteiger partial charge in [0.15, 0.2) is 0 Å². The average molecular weight is 784 g/mol. The van der Waals surface area contributed by atoms with Crippen LogP contribution in [0.5, 0.6) is 0 Å². The number of ether oxygens (including phenoxy) is 1. The molecule has 0 amide bonds. The molecule has 0 bridgehead atoms. The van der Waals surface area contributed by atoms with E-state index in [0.29, 0.717) is 0 Å². The Bertz CT molecular complexity index is 1130. The summed E-state index contributed by atoms with van der Waals surface area (Å²) in [5, 5.41) is 2.15.